The van der Waals surface area contributed by atoms with Gasteiger partial charge >= 0.3 is 0 Å². The van der Waals surface area contributed by atoms with Gasteiger partial charge in [0.2, 0.25) is 0 Å². The lowest BCUT2D eigenvalue weighted by molar-refractivity contribution is 0.0950. The zero-order valence-corrected chi connectivity index (χ0v) is 17.3. The lowest BCUT2D eigenvalue weighted by atomic mass is 10.1. The van der Waals surface area contributed by atoms with Crippen LogP contribution in [0.2, 0.25) is 5.02 Å². The highest BCUT2D eigenvalue weighted by Crippen LogP contribution is 2.26. The summed E-state index contributed by atoms with van der Waals surface area (Å²) < 4.78 is 7.27. The number of fused-ring (bicyclic) bond motifs is 1. The van der Waals surface area contributed by atoms with Crippen molar-refractivity contribution in [3.05, 3.63) is 88.8 Å². The number of carbonyl (C=O) groups is 1. The van der Waals surface area contributed by atoms with Crippen molar-refractivity contribution < 1.29 is 9.53 Å². The quantitative estimate of drug-likeness (QED) is 0.488. The van der Waals surface area contributed by atoms with Crippen molar-refractivity contribution >= 4 is 28.4 Å². The maximum atomic E-state index is 12.8. The monoisotopic (exact) mass is 420 g/mol. The first-order valence-electron chi connectivity index (χ1n) is 9.61. The van der Waals surface area contributed by atoms with Gasteiger partial charge in [-0.15, -0.1) is 0 Å². The number of nitrogens with one attached hydrogen (secondary N) is 1. The van der Waals surface area contributed by atoms with Crippen LogP contribution in [0.1, 0.15) is 21.6 Å². The van der Waals surface area contributed by atoms with E-state index in [1.165, 1.54) is 0 Å². The van der Waals surface area contributed by atoms with Crippen LogP contribution in [-0.4, -0.2) is 34.3 Å². The number of carbonyl (C=O) groups excluding carboxylic acids is 1. The smallest absolute Gasteiger partial charge is 0.272 e. The topological polar surface area (TPSA) is 69.0 Å². The van der Waals surface area contributed by atoms with E-state index in [1.807, 2.05) is 53.2 Å². The van der Waals surface area contributed by atoms with Crippen LogP contribution in [0.5, 0.6) is 5.75 Å². The Morgan fingerprint density at radius 1 is 1.17 bits per heavy atom. The summed E-state index contributed by atoms with van der Waals surface area (Å²) in [4.78, 5) is 16.9. The van der Waals surface area contributed by atoms with Gasteiger partial charge < -0.3 is 10.1 Å². The number of amides is 1. The van der Waals surface area contributed by atoms with Crippen LogP contribution in [0.15, 0.2) is 67.0 Å². The second kappa shape index (κ2) is 8.97. The highest BCUT2D eigenvalue weighted by atomic mass is 35.5. The first-order valence-corrected chi connectivity index (χ1v) is 9.98. The van der Waals surface area contributed by atoms with E-state index >= 15 is 0 Å². The number of ether oxygens (including phenoxy) is 1. The fourth-order valence-corrected chi connectivity index (χ4v) is 3.54. The molecule has 1 amide bonds. The van der Waals surface area contributed by atoms with Gasteiger partial charge in [-0.1, -0.05) is 41.9 Å². The largest absolute Gasteiger partial charge is 0.496 e. The van der Waals surface area contributed by atoms with Gasteiger partial charge in [-0.05, 0) is 36.2 Å². The number of halogens is 1. The van der Waals surface area contributed by atoms with Crippen LogP contribution in [-0.2, 0) is 13.0 Å². The van der Waals surface area contributed by atoms with Crippen LogP contribution in [0.3, 0.4) is 0 Å². The van der Waals surface area contributed by atoms with Gasteiger partial charge in [0.15, 0.2) is 5.69 Å². The molecule has 0 saturated carbocycles. The Morgan fingerprint density at radius 2 is 2.03 bits per heavy atom. The molecule has 2 heterocycles. The molecule has 0 radical (unpaired) electrons. The van der Waals surface area contributed by atoms with Gasteiger partial charge in [0, 0.05) is 34.9 Å². The highest BCUT2D eigenvalue weighted by molar-refractivity contribution is 6.30. The highest BCUT2D eigenvalue weighted by Gasteiger charge is 2.17. The Morgan fingerprint density at radius 3 is 2.83 bits per heavy atom. The number of nitrogens with zero attached hydrogens (tertiary/aromatic N) is 3. The van der Waals surface area contributed by atoms with E-state index in [0.717, 1.165) is 22.0 Å². The van der Waals surface area contributed by atoms with Crippen molar-refractivity contribution in [1.82, 2.24) is 20.1 Å². The third kappa shape index (κ3) is 4.28. The van der Waals surface area contributed by atoms with E-state index in [9.17, 15) is 4.79 Å². The minimum atomic E-state index is -0.197. The Kier molecular flexibility index (Phi) is 5.95. The second-order valence-corrected chi connectivity index (χ2v) is 7.28. The molecule has 1 N–H and O–H groups in total. The summed E-state index contributed by atoms with van der Waals surface area (Å²) >= 11 is 6.07. The van der Waals surface area contributed by atoms with E-state index in [4.69, 9.17) is 16.3 Å². The van der Waals surface area contributed by atoms with E-state index in [1.54, 1.807) is 25.6 Å². The van der Waals surface area contributed by atoms with Crippen molar-refractivity contribution in [2.75, 3.05) is 13.7 Å². The Bertz CT molecular complexity index is 1170. The van der Waals surface area contributed by atoms with E-state index in [2.05, 4.69) is 15.4 Å². The molecule has 30 heavy (non-hydrogen) atoms. The molecule has 0 aliphatic carbocycles. The van der Waals surface area contributed by atoms with Gasteiger partial charge in [0.05, 0.1) is 19.2 Å². The summed E-state index contributed by atoms with van der Waals surface area (Å²) in [5.41, 5.74) is 3.29. The molecule has 4 rings (SSSR count). The zero-order chi connectivity index (χ0) is 20.9. The summed E-state index contributed by atoms with van der Waals surface area (Å²) in [5, 5.41) is 8.99. The molecular formula is C23H21ClN4O2. The molecular weight excluding hydrogens is 400 g/mol. The Labute approximate surface area is 179 Å². The maximum absolute atomic E-state index is 12.8. The van der Waals surface area contributed by atoms with Crippen molar-refractivity contribution in [3.8, 4) is 5.75 Å². The molecule has 2 aromatic heterocycles. The Balaban J connectivity index is 1.57. The minimum Gasteiger partial charge on any atom is -0.496 e. The molecule has 2 aromatic carbocycles. The molecule has 0 spiro atoms. The number of hydrogen-bond acceptors (Lipinski definition) is 4. The SMILES string of the molecule is COc1cc(Cl)ccc1Cn1nc(C(=O)NCCc2cccnc2)c2ccccc21. The van der Waals surface area contributed by atoms with Gasteiger partial charge in [-0.2, -0.15) is 5.10 Å². The minimum absolute atomic E-state index is 0.197. The molecule has 7 heteroatoms. The number of rotatable bonds is 7. The zero-order valence-electron chi connectivity index (χ0n) is 16.5. The van der Waals surface area contributed by atoms with Gasteiger partial charge in [0.25, 0.3) is 5.91 Å². The number of para-hydroxylation sites is 1. The first-order chi connectivity index (χ1) is 14.7. The second-order valence-electron chi connectivity index (χ2n) is 6.85. The Hall–Kier alpha value is -3.38. The molecule has 0 fully saturated rings. The molecule has 6 nitrogen and oxygen atoms in total. The molecule has 0 bridgehead atoms. The van der Waals surface area contributed by atoms with Gasteiger partial charge in [0.1, 0.15) is 5.75 Å². The van der Waals surface area contributed by atoms with Crippen LogP contribution >= 0.6 is 11.6 Å². The number of methoxy groups -OCH3 is 1. The number of hydrogen-bond donors (Lipinski definition) is 1. The standard InChI is InChI=1S/C23H21ClN4O2/c1-30-21-13-18(24)9-8-17(21)15-28-20-7-3-2-6-19(20)22(27-28)23(29)26-12-10-16-5-4-11-25-14-16/h2-9,11,13-14H,10,12,15H2,1H3,(H,26,29). The van der Waals surface area contributed by atoms with Gasteiger partial charge in [-0.3, -0.25) is 14.5 Å². The normalized spacial score (nSPS) is 10.9. The molecule has 0 saturated heterocycles. The first kappa shape index (κ1) is 19.9. The third-order valence-electron chi connectivity index (χ3n) is 4.86. The average Bonchev–Trinajstić information content (AvgIpc) is 3.14. The fraction of sp³-hybridized carbons (Fsp3) is 0.174. The van der Waals surface area contributed by atoms with Gasteiger partial charge in [-0.25, -0.2) is 0 Å². The lowest BCUT2D eigenvalue weighted by Gasteiger charge is -2.10. The number of pyridine rings is 1. The fourth-order valence-electron chi connectivity index (χ4n) is 3.38. The van der Waals surface area contributed by atoms with Crippen molar-refractivity contribution in [3.63, 3.8) is 0 Å². The maximum Gasteiger partial charge on any atom is 0.272 e. The predicted molar refractivity (Wildman–Crippen MR) is 117 cm³/mol. The molecule has 0 atom stereocenters. The lowest BCUT2D eigenvalue weighted by Crippen LogP contribution is -2.26. The number of aromatic nitrogens is 3. The summed E-state index contributed by atoms with van der Waals surface area (Å²) in [7, 11) is 1.61. The summed E-state index contributed by atoms with van der Waals surface area (Å²) in [6.45, 7) is 0.973. The average molecular weight is 421 g/mol. The van der Waals surface area contributed by atoms with E-state index in [0.29, 0.717) is 36.0 Å². The predicted octanol–water partition coefficient (Wildman–Crippen LogP) is 4.11. The van der Waals surface area contributed by atoms with Crippen LogP contribution < -0.4 is 10.1 Å². The van der Waals surface area contributed by atoms with E-state index in [-0.39, 0.29) is 5.91 Å². The molecule has 152 valence electrons. The van der Waals surface area contributed by atoms with Crippen molar-refractivity contribution in [1.29, 1.82) is 0 Å². The molecule has 0 aliphatic rings. The summed E-state index contributed by atoms with van der Waals surface area (Å²) in [6.07, 6.45) is 4.24. The van der Waals surface area contributed by atoms with Crippen LogP contribution in [0.4, 0.5) is 0 Å². The summed E-state index contributed by atoms with van der Waals surface area (Å²) in [5.74, 6) is 0.487. The third-order valence-corrected chi connectivity index (χ3v) is 5.10. The molecule has 4 aromatic rings. The van der Waals surface area contributed by atoms with Crippen molar-refractivity contribution in [2.45, 2.75) is 13.0 Å². The molecule has 0 aliphatic heterocycles. The van der Waals surface area contributed by atoms with Crippen molar-refractivity contribution in [2.24, 2.45) is 0 Å². The van der Waals surface area contributed by atoms with Crippen LogP contribution in [0, 0.1) is 0 Å². The van der Waals surface area contributed by atoms with E-state index < -0.39 is 0 Å². The number of benzene rings is 2. The summed E-state index contributed by atoms with van der Waals surface area (Å²) in [6, 6.07) is 17.1. The molecule has 0 unspecified atom stereocenters. The van der Waals surface area contributed by atoms with Crippen LogP contribution in [0.25, 0.3) is 10.9 Å².